The lowest BCUT2D eigenvalue weighted by Gasteiger charge is -2.17. The molecule has 2 rings (SSSR count). The average Bonchev–Trinajstić information content (AvgIpc) is 2.54. The molecule has 0 aromatic heterocycles. The quantitative estimate of drug-likeness (QED) is 0.646. The van der Waals surface area contributed by atoms with E-state index in [0.29, 0.717) is 16.5 Å². The van der Waals surface area contributed by atoms with E-state index in [4.69, 9.17) is 21.1 Å². The Morgan fingerprint density at radius 1 is 1.26 bits per heavy atom. The van der Waals surface area contributed by atoms with Crippen molar-refractivity contribution in [2.75, 3.05) is 7.11 Å². The van der Waals surface area contributed by atoms with Gasteiger partial charge in [0.25, 0.3) is 0 Å². The van der Waals surface area contributed by atoms with Gasteiger partial charge in [0, 0.05) is 6.21 Å². The summed E-state index contributed by atoms with van der Waals surface area (Å²) in [5.74, 6) is 1.19. The Morgan fingerprint density at radius 2 is 2.04 bits per heavy atom. The number of aliphatic imine (C=N–C) groups is 1. The van der Waals surface area contributed by atoms with Crippen LogP contribution in [-0.4, -0.2) is 19.4 Å². The summed E-state index contributed by atoms with van der Waals surface area (Å²) >= 11 is 6.35. The number of aryl methyl sites for hydroxylation is 1. The van der Waals surface area contributed by atoms with Gasteiger partial charge >= 0.3 is 0 Å². The Morgan fingerprint density at radius 3 is 2.70 bits per heavy atom. The molecule has 23 heavy (non-hydrogen) atoms. The number of benzene rings is 2. The van der Waals surface area contributed by atoms with Crippen molar-refractivity contribution in [1.29, 1.82) is 0 Å². The van der Waals surface area contributed by atoms with Gasteiger partial charge in [-0.1, -0.05) is 30.7 Å². The highest BCUT2D eigenvalue weighted by Crippen LogP contribution is 2.37. The Balaban J connectivity index is 2.28. The number of hydrogen-bond donors (Lipinski definition) is 0. The molecule has 0 heterocycles. The normalized spacial score (nSPS) is 12.4. The molecule has 3 nitrogen and oxygen atoms in total. The zero-order chi connectivity index (χ0) is 16.8. The minimum absolute atomic E-state index is 0.0770. The first kappa shape index (κ1) is 17.4. The van der Waals surface area contributed by atoms with E-state index in [2.05, 4.69) is 11.9 Å². The SMILES string of the molecule is CC[C@@H](C)Oc1c(Cl)cc(C=Nc2cccc(C)c2)cc1OC. The van der Waals surface area contributed by atoms with Gasteiger partial charge in [0.2, 0.25) is 0 Å². The molecule has 2 aromatic carbocycles. The van der Waals surface area contributed by atoms with Crippen molar-refractivity contribution in [2.45, 2.75) is 33.3 Å². The fourth-order valence-corrected chi connectivity index (χ4v) is 2.33. The molecule has 0 amide bonds. The van der Waals surface area contributed by atoms with Gasteiger partial charge in [-0.15, -0.1) is 0 Å². The molecule has 0 spiro atoms. The molecule has 0 saturated heterocycles. The number of hydrogen-bond acceptors (Lipinski definition) is 3. The van der Waals surface area contributed by atoms with Crippen LogP contribution in [0.1, 0.15) is 31.4 Å². The van der Waals surface area contributed by atoms with E-state index in [-0.39, 0.29) is 6.10 Å². The van der Waals surface area contributed by atoms with Gasteiger partial charge in [-0.25, -0.2) is 0 Å². The minimum atomic E-state index is 0.0770. The van der Waals surface area contributed by atoms with Crippen LogP contribution in [0.2, 0.25) is 5.02 Å². The first-order chi connectivity index (χ1) is 11.0. The third kappa shape index (κ3) is 4.73. The van der Waals surface area contributed by atoms with Crippen LogP contribution in [0, 0.1) is 6.92 Å². The van der Waals surface area contributed by atoms with Crippen molar-refractivity contribution in [2.24, 2.45) is 4.99 Å². The fraction of sp³-hybridized carbons (Fsp3) is 0.316. The van der Waals surface area contributed by atoms with Crippen LogP contribution in [0.25, 0.3) is 0 Å². The lowest BCUT2D eigenvalue weighted by atomic mass is 10.2. The summed E-state index contributed by atoms with van der Waals surface area (Å²) in [6.07, 6.45) is 2.75. The largest absolute Gasteiger partial charge is 0.493 e. The van der Waals surface area contributed by atoms with Gasteiger partial charge in [0.15, 0.2) is 11.5 Å². The van der Waals surface area contributed by atoms with Crippen molar-refractivity contribution < 1.29 is 9.47 Å². The van der Waals surface area contributed by atoms with Crippen LogP contribution >= 0.6 is 11.6 Å². The van der Waals surface area contributed by atoms with Crippen molar-refractivity contribution >= 4 is 23.5 Å². The third-order valence-electron chi connectivity index (χ3n) is 3.51. The van der Waals surface area contributed by atoms with E-state index < -0.39 is 0 Å². The maximum atomic E-state index is 6.35. The highest BCUT2D eigenvalue weighted by molar-refractivity contribution is 6.32. The predicted molar refractivity (Wildman–Crippen MR) is 96.8 cm³/mol. The molecule has 0 aliphatic heterocycles. The maximum absolute atomic E-state index is 6.35. The first-order valence-electron chi connectivity index (χ1n) is 7.68. The molecule has 0 fully saturated rings. The van der Waals surface area contributed by atoms with Crippen LogP contribution in [0.15, 0.2) is 41.4 Å². The highest BCUT2D eigenvalue weighted by atomic mass is 35.5. The predicted octanol–water partition coefficient (Wildman–Crippen LogP) is 5.58. The molecule has 0 saturated carbocycles. The first-order valence-corrected chi connectivity index (χ1v) is 8.06. The number of nitrogens with zero attached hydrogens (tertiary/aromatic N) is 1. The summed E-state index contributed by atoms with van der Waals surface area (Å²) < 4.78 is 11.3. The van der Waals surface area contributed by atoms with Gasteiger partial charge in [-0.2, -0.15) is 0 Å². The molecule has 0 bridgehead atoms. The monoisotopic (exact) mass is 331 g/mol. The van der Waals surface area contributed by atoms with Gasteiger partial charge in [0.1, 0.15) is 0 Å². The van der Waals surface area contributed by atoms with Crippen LogP contribution in [0.5, 0.6) is 11.5 Å². The van der Waals surface area contributed by atoms with E-state index in [0.717, 1.165) is 17.7 Å². The second kappa shape index (κ2) is 8.02. The van der Waals surface area contributed by atoms with Crippen molar-refractivity contribution in [3.05, 3.63) is 52.5 Å². The van der Waals surface area contributed by atoms with Crippen LogP contribution < -0.4 is 9.47 Å². The molecule has 0 unspecified atom stereocenters. The Kier molecular flexibility index (Phi) is 6.05. The summed E-state index contributed by atoms with van der Waals surface area (Å²) in [5, 5.41) is 0.523. The zero-order valence-corrected chi connectivity index (χ0v) is 14.7. The van der Waals surface area contributed by atoms with Crippen molar-refractivity contribution in [1.82, 2.24) is 0 Å². The molecular formula is C19H22ClNO2. The van der Waals surface area contributed by atoms with Crippen LogP contribution in [-0.2, 0) is 0 Å². The smallest absolute Gasteiger partial charge is 0.180 e. The number of methoxy groups -OCH3 is 1. The van der Waals surface area contributed by atoms with Gasteiger partial charge in [0.05, 0.1) is 23.9 Å². The third-order valence-corrected chi connectivity index (χ3v) is 3.79. The number of ether oxygens (including phenoxy) is 2. The van der Waals surface area contributed by atoms with E-state index in [1.165, 1.54) is 5.56 Å². The Bertz CT molecular complexity index is 698. The second-order valence-corrected chi connectivity index (χ2v) is 5.88. The Hall–Kier alpha value is -2.00. The van der Waals surface area contributed by atoms with Crippen molar-refractivity contribution in [3.8, 4) is 11.5 Å². The van der Waals surface area contributed by atoms with E-state index >= 15 is 0 Å². The average molecular weight is 332 g/mol. The molecule has 4 heteroatoms. The zero-order valence-electron chi connectivity index (χ0n) is 14.0. The summed E-state index contributed by atoms with van der Waals surface area (Å²) in [4.78, 5) is 4.48. The van der Waals surface area contributed by atoms with Gasteiger partial charge in [-0.3, -0.25) is 4.99 Å². The minimum Gasteiger partial charge on any atom is -0.493 e. The maximum Gasteiger partial charge on any atom is 0.180 e. The molecule has 2 aromatic rings. The number of rotatable bonds is 6. The molecule has 122 valence electrons. The molecule has 0 radical (unpaired) electrons. The lowest BCUT2D eigenvalue weighted by Crippen LogP contribution is -2.11. The van der Waals surface area contributed by atoms with E-state index in [1.54, 1.807) is 13.3 Å². The summed E-state index contributed by atoms with van der Waals surface area (Å²) in [7, 11) is 1.61. The summed E-state index contributed by atoms with van der Waals surface area (Å²) in [6, 6.07) is 11.7. The molecule has 0 N–H and O–H groups in total. The molecule has 0 aliphatic carbocycles. The highest BCUT2D eigenvalue weighted by Gasteiger charge is 2.13. The standard InChI is InChI=1S/C19H22ClNO2/c1-5-14(3)23-19-17(20)10-15(11-18(19)22-4)12-21-16-8-6-7-13(2)9-16/h6-12,14H,5H2,1-4H3/t14-/m1/s1. The molecule has 0 aliphatic rings. The van der Waals surface area contributed by atoms with E-state index in [9.17, 15) is 0 Å². The van der Waals surface area contributed by atoms with Gasteiger partial charge < -0.3 is 9.47 Å². The second-order valence-electron chi connectivity index (χ2n) is 5.47. The summed E-state index contributed by atoms with van der Waals surface area (Å²) in [5.41, 5.74) is 2.94. The fourth-order valence-electron chi connectivity index (χ4n) is 2.07. The lowest BCUT2D eigenvalue weighted by molar-refractivity contribution is 0.208. The summed E-state index contributed by atoms with van der Waals surface area (Å²) in [6.45, 7) is 6.11. The van der Waals surface area contributed by atoms with Crippen LogP contribution in [0.3, 0.4) is 0 Å². The van der Waals surface area contributed by atoms with Crippen molar-refractivity contribution in [3.63, 3.8) is 0 Å². The van der Waals surface area contributed by atoms with Crippen LogP contribution in [0.4, 0.5) is 5.69 Å². The molecule has 1 atom stereocenters. The number of halogens is 1. The molecular weight excluding hydrogens is 310 g/mol. The Labute approximate surface area is 142 Å². The van der Waals surface area contributed by atoms with E-state index in [1.807, 2.05) is 50.2 Å². The van der Waals surface area contributed by atoms with Gasteiger partial charge in [-0.05, 0) is 55.7 Å². The topological polar surface area (TPSA) is 30.8 Å².